The summed E-state index contributed by atoms with van der Waals surface area (Å²) in [6.45, 7) is 3.11. The zero-order valence-electron chi connectivity index (χ0n) is 18.3. The molecule has 0 bridgehead atoms. The Labute approximate surface area is 187 Å². The first-order valence-corrected chi connectivity index (χ1v) is 11.8. The molecule has 4 aliphatic rings. The van der Waals surface area contributed by atoms with E-state index in [4.69, 9.17) is 0 Å². The van der Waals surface area contributed by atoms with Crippen molar-refractivity contribution in [2.45, 2.75) is 63.6 Å². The van der Waals surface area contributed by atoms with Gasteiger partial charge in [-0.2, -0.15) is 0 Å². The molecule has 0 aromatic heterocycles. The van der Waals surface area contributed by atoms with E-state index in [2.05, 4.69) is 10.6 Å². The first-order valence-electron chi connectivity index (χ1n) is 11.8. The molecule has 2 N–H and O–H groups in total. The third-order valence-corrected chi connectivity index (χ3v) is 7.51. The standard InChI is InChI=1S/C24H30N4O4/c29-21-7-6-20(22(30)26-21)28-14-17-5-4-16(13-18(17)24(28)32)23(31)27-12-2-1-3-19(27)15-8-10-25-11-9-15/h4-5,13,15,19-20,25H,1-3,6-12,14H2,(H,26,29,30). The number of hydrogen-bond acceptors (Lipinski definition) is 5. The molecular formula is C24H30N4O4. The van der Waals surface area contributed by atoms with E-state index in [1.807, 2.05) is 17.0 Å². The fourth-order valence-electron chi connectivity index (χ4n) is 5.78. The van der Waals surface area contributed by atoms with Gasteiger partial charge in [-0.05, 0) is 75.2 Å². The second-order valence-corrected chi connectivity index (χ2v) is 9.42. The first kappa shape index (κ1) is 21.1. The summed E-state index contributed by atoms with van der Waals surface area (Å²) >= 11 is 0. The fourth-order valence-corrected chi connectivity index (χ4v) is 5.78. The largest absolute Gasteiger partial charge is 0.335 e. The summed E-state index contributed by atoms with van der Waals surface area (Å²) in [6.07, 6.45) is 5.97. The Hall–Kier alpha value is -2.74. The van der Waals surface area contributed by atoms with Crippen molar-refractivity contribution < 1.29 is 19.2 Å². The van der Waals surface area contributed by atoms with E-state index in [0.717, 1.165) is 57.3 Å². The van der Waals surface area contributed by atoms with Crippen LogP contribution < -0.4 is 10.6 Å². The maximum absolute atomic E-state index is 13.5. The van der Waals surface area contributed by atoms with E-state index >= 15 is 0 Å². The summed E-state index contributed by atoms with van der Waals surface area (Å²) in [6, 6.07) is 4.99. The lowest BCUT2D eigenvalue weighted by Gasteiger charge is -2.42. The normalized spacial score (nSPS) is 26.8. The number of carbonyl (C=O) groups excluding carboxylic acids is 4. The van der Waals surface area contributed by atoms with Crippen LogP contribution in [0.25, 0.3) is 0 Å². The Morgan fingerprint density at radius 3 is 2.59 bits per heavy atom. The fraction of sp³-hybridized carbons (Fsp3) is 0.583. The molecule has 0 spiro atoms. The molecule has 0 aliphatic carbocycles. The minimum absolute atomic E-state index is 0.00305. The SMILES string of the molecule is O=C1CCC(N2Cc3ccc(C(=O)N4CCCCC4C4CCNCC4)cc3C2=O)C(=O)N1. The molecule has 4 amide bonds. The van der Waals surface area contributed by atoms with E-state index in [1.54, 1.807) is 6.07 Å². The molecule has 170 valence electrons. The summed E-state index contributed by atoms with van der Waals surface area (Å²) in [5.74, 6) is -0.425. The Balaban J connectivity index is 1.35. The number of imide groups is 1. The summed E-state index contributed by atoms with van der Waals surface area (Å²) in [7, 11) is 0. The lowest BCUT2D eigenvalue weighted by Crippen LogP contribution is -2.52. The molecular weight excluding hydrogens is 408 g/mol. The number of carbonyl (C=O) groups is 4. The number of fused-ring (bicyclic) bond motifs is 1. The smallest absolute Gasteiger partial charge is 0.255 e. The summed E-state index contributed by atoms with van der Waals surface area (Å²) in [5.41, 5.74) is 1.86. The van der Waals surface area contributed by atoms with Gasteiger partial charge in [-0.15, -0.1) is 0 Å². The zero-order valence-corrected chi connectivity index (χ0v) is 18.3. The molecule has 0 radical (unpaired) electrons. The number of hydrogen-bond donors (Lipinski definition) is 2. The van der Waals surface area contributed by atoms with Gasteiger partial charge in [0.1, 0.15) is 6.04 Å². The van der Waals surface area contributed by atoms with Gasteiger partial charge in [0, 0.05) is 36.7 Å². The lowest BCUT2D eigenvalue weighted by atomic mass is 9.84. The van der Waals surface area contributed by atoms with Crippen molar-refractivity contribution in [3.8, 4) is 0 Å². The van der Waals surface area contributed by atoms with E-state index in [1.165, 1.54) is 4.90 Å². The second-order valence-electron chi connectivity index (χ2n) is 9.42. The van der Waals surface area contributed by atoms with Gasteiger partial charge >= 0.3 is 0 Å². The average Bonchev–Trinajstić information content (AvgIpc) is 3.15. The molecule has 3 saturated heterocycles. The Kier molecular flexibility index (Phi) is 5.71. The Bertz CT molecular complexity index is 955. The summed E-state index contributed by atoms with van der Waals surface area (Å²) in [4.78, 5) is 53.9. The highest BCUT2D eigenvalue weighted by Crippen LogP contribution is 2.32. The van der Waals surface area contributed by atoms with Crippen molar-refractivity contribution >= 4 is 23.6 Å². The van der Waals surface area contributed by atoms with Crippen LogP contribution in [0.2, 0.25) is 0 Å². The predicted molar refractivity (Wildman–Crippen MR) is 117 cm³/mol. The maximum atomic E-state index is 13.5. The van der Waals surface area contributed by atoms with Crippen LogP contribution in [-0.4, -0.2) is 65.1 Å². The lowest BCUT2D eigenvalue weighted by molar-refractivity contribution is -0.136. The van der Waals surface area contributed by atoms with Crippen LogP contribution in [0.1, 0.15) is 71.2 Å². The van der Waals surface area contributed by atoms with Crippen LogP contribution in [0.15, 0.2) is 18.2 Å². The van der Waals surface area contributed by atoms with Crippen LogP contribution in [0.5, 0.6) is 0 Å². The molecule has 2 unspecified atom stereocenters. The highest BCUT2D eigenvalue weighted by Gasteiger charge is 2.40. The van der Waals surface area contributed by atoms with Crippen LogP contribution in [0.4, 0.5) is 0 Å². The molecule has 5 rings (SSSR count). The van der Waals surface area contributed by atoms with Gasteiger partial charge in [-0.1, -0.05) is 6.07 Å². The van der Waals surface area contributed by atoms with E-state index < -0.39 is 11.9 Å². The molecule has 1 aromatic rings. The molecule has 3 fully saturated rings. The van der Waals surface area contributed by atoms with Gasteiger partial charge < -0.3 is 15.1 Å². The average molecular weight is 439 g/mol. The molecule has 2 atom stereocenters. The Morgan fingerprint density at radius 1 is 1.00 bits per heavy atom. The van der Waals surface area contributed by atoms with Gasteiger partial charge in [0.15, 0.2) is 0 Å². The number of nitrogens with zero attached hydrogens (tertiary/aromatic N) is 2. The van der Waals surface area contributed by atoms with Gasteiger partial charge in [-0.25, -0.2) is 0 Å². The van der Waals surface area contributed by atoms with E-state index in [-0.39, 0.29) is 30.2 Å². The van der Waals surface area contributed by atoms with Gasteiger partial charge in [-0.3, -0.25) is 24.5 Å². The highest BCUT2D eigenvalue weighted by molar-refractivity contribution is 6.06. The topological polar surface area (TPSA) is 98.8 Å². The third-order valence-electron chi connectivity index (χ3n) is 7.51. The molecule has 4 aliphatic heterocycles. The van der Waals surface area contributed by atoms with Crippen molar-refractivity contribution in [2.75, 3.05) is 19.6 Å². The van der Waals surface area contributed by atoms with Crippen molar-refractivity contribution in [2.24, 2.45) is 5.92 Å². The number of likely N-dealkylation sites (tertiary alicyclic amines) is 1. The van der Waals surface area contributed by atoms with Crippen molar-refractivity contribution in [3.05, 3.63) is 34.9 Å². The number of nitrogens with one attached hydrogen (secondary N) is 2. The summed E-state index contributed by atoms with van der Waals surface area (Å²) in [5, 5.41) is 5.73. The van der Waals surface area contributed by atoms with Gasteiger partial charge in [0.05, 0.1) is 0 Å². The minimum Gasteiger partial charge on any atom is -0.335 e. The minimum atomic E-state index is -0.641. The van der Waals surface area contributed by atoms with Crippen LogP contribution in [0, 0.1) is 5.92 Å². The third kappa shape index (κ3) is 3.81. The van der Waals surface area contributed by atoms with Crippen LogP contribution in [-0.2, 0) is 16.1 Å². The van der Waals surface area contributed by atoms with Crippen molar-refractivity contribution in [3.63, 3.8) is 0 Å². The van der Waals surface area contributed by atoms with Crippen molar-refractivity contribution in [1.29, 1.82) is 0 Å². The van der Waals surface area contributed by atoms with Gasteiger partial charge in [0.25, 0.3) is 11.8 Å². The number of rotatable bonds is 3. The molecule has 8 heteroatoms. The number of amides is 4. The Morgan fingerprint density at radius 2 is 1.81 bits per heavy atom. The predicted octanol–water partition coefficient (Wildman–Crippen LogP) is 1.44. The molecule has 32 heavy (non-hydrogen) atoms. The molecule has 4 heterocycles. The highest BCUT2D eigenvalue weighted by atomic mass is 16.2. The first-order chi connectivity index (χ1) is 15.5. The van der Waals surface area contributed by atoms with Gasteiger partial charge in [0.2, 0.25) is 11.8 Å². The molecule has 8 nitrogen and oxygen atoms in total. The van der Waals surface area contributed by atoms with Crippen molar-refractivity contribution in [1.82, 2.24) is 20.4 Å². The number of piperidine rings is 3. The monoisotopic (exact) mass is 438 g/mol. The molecule has 0 saturated carbocycles. The second kappa shape index (κ2) is 8.65. The molecule has 1 aromatic carbocycles. The quantitative estimate of drug-likeness (QED) is 0.696. The maximum Gasteiger partial charge on any atom is 0.255 e. The number of benzene rings is 1. The van der Waals surface area contributed by atoms with E-state index in [0.29, 0.717) is 30.0 Å². The van der Waals surface area contributed by atoms with E-state index in [9.17, 15) is 19.2 Å². The van der Waals surface area contributed by atoms with Crippen LogP contribution in [0.3, 0.4) is 0 Å². The zero-order chi connectivity index (χ0) is 22.2. The van der Waals surface area contributed by atoms with Crippen LogP contribution >= 0.6 is 0 Å². The summed E-state index contributed by atoms with van der Waals surface area (Å²) < 4.78 is 0.